The van der Waals surface area contributed by atoms with Crippen LogP contribution in [0.25, 0.3) is 0 Å². The summed E-state index contributed by atoms with van der Waals surface area (Å²) in [5, 5.41) is 2.68. The number of hydrogen-bond donors (Lipinski definition) is 1. The summed E-state index contributed by atoms with van der Waals surface area (Å²) >= 11 is 0. The van der Waals surface area contributed by atoms with Crippen molar-refractivity contribution >= 4 is 16.1 Å². The molecule has 7 heteroatoms. The van der Waals surface area contributed by atoms with Gasteiger partial charge in [-0.2, -0.15) is 8.42 Å². The van der Waals surface area contributed by atoms with E-state index in [2.05, 4.69) is 9.50 Å². The number of ether oxygens (including phenoxy) is 1. The van der Waals surface area contributed by atoms with Gasteiger partial charge in [-0.15, -0.1) is 0 Å². The van der Waals surface area contributed by atoms with E-state index in [4.69, 9.17) is 4.74 Å². The second-order valence-corrected chi connectivity index (χ2v) is 5.41. The molecule has 1 heterocycles. The van der Waals surface area contributed by atoms with Crippen LogP contribution in [0.1, 0.15) is 5.56 Å². The van der Waals surface area contributed by atoms with Gasteiger partial charge in [0.05, 0.1) is 13.3 Å². The molecule has 1 unspecified atom stereocenters. The fourth-order valence-corrected chi connectivity index (χ4v) is 2.72. The molecule has 1 atom stereocenters. The van der Waals surface area contributed by atoms with Crippen molar-refractivity contribution < 1.29 is 22.1 Å². The first-order valence-corrected chi connectivity index (χ1v) is 6.76. The molecule has 1 aromatic carbocycles. The Labute approximate surface area is 105 Å². The summed E-state index contributed by atoms with van der Waals surface area (Å²) in [6, 6.07) is 5.59. The summed E-state index contributed by atoms with van der Waals surface area (Å²) < 4.78 is 33.3. The molecule has 0 amide bonds. The van der Waals surface area contributed by atoms with E-state index >= 15 is 0 Å². The van der Waals surface area contributed by atoms with Crippen LogP contribution in [0.2, 0.25) is 0 Å². The Hall–Kier alpha value is -1.44. The molecule has 1 fully saturated rings. The first-order valence-electron chi connectivity index (χ1n) is 5.36. The third-order valence-electron chi connectivity index (χ3n) is 2.56. The summed E-state index contributed by atoms with van der Waals surface area (Å²) in [6.45, 7) is 1.96. The standard InChI is InChI=1S/C11H13NO5S/c1-8-4-2-3-5-10(8)18(14,15)17-11(13)9-6-16-7-12-9/h2-5,9,12H,6-7H2,1H3. The lowest BCUT2D eigenvalue weighted by atomic mass is 10.2. The molecule has 1 aliphatic heterocycles. The highest BCUT2D eigenvalue weighted by atomic mass is 32.2. The molecule has 0 saturated carbocycles. The summed E-state index contributed by atoms with van der Waals surface area (Å²) in [6.07, 6.45) is 0. The van der Waals surface area contributed by atoms with E-state index in [-0.39, 0.29) is 18.2 Å². The molecular formula is C11H13NO5S. The average Bonchev–Trinajstić information content (AvgIpc) is 2.82. The van der Waals surface area contributed by atoms with Gasteiger partial charge in [-0.3, -0.25) is 5.32 Å². The molecule has 2 rings (SSSR count). The summed E-state index contributed by atoms with van der Waals surface area (Å²) in [7, 11) is -4.07. The van der Waals surface area contributed by atoms with Gasteiger partial charge in [0, 0.05) is 0 Å². The highest BCUT2D eigenvalue weighted by Crippen LogP contribution is 2.17. The minimum absolute atomic E-state index is 0.00253. The van der Waals surface area contributed by atoms with Crippen molar-refractivity contribution in [3.8, 4) is 0 Å². The largest absolute Gasteiger partial charge is 0.364 e. The molecule has 1 saturated heterocycles. The predicted octanol–water partition coefficient (Wildman–Crippen LogP) is 0.173. The van der Waals surface area contributed by atoms with Crippen molar-refractivity contribution in [3.05, 3.63) is 29.8 Å². The minimum atomic E-state index is -4.07. The van der Waals surface area contributed by atoms with Gasteiger partial charge >= 0.3 is 16.1 Å². The number of hydrogen-bond acceptors (Lipinski definition) is 6. The smallest absolute Gasteiger partial charge is 0.342 e. The number of carbonyl (C=O) groups excluding carboxylic acids is 1. The number of nitrogens with one attached hydrogen (secondary N) is 1. The zero-order valence-corrected chi connectivity index (χ0v) is 10.6. The molecule has 18 heavy (non-hydrogen) atoms. The topological polar surface area (TPSA) is 81.7 Å². The summed E-state index contributed by atoms with van der Waals surface area (Å²) in [5.41, 5.74) is 0.529. The van der Waals surface area contributed by atoms with Gasteiger partial charge in [0.2, 0.25) is 0 Å². The monoisotopic (exact) mass is 271 g/mol. The molecule has 0 aromatic heterocycles. The van der Waals surface area contributed by atoms with E-state index in [1.165, 1.54) is 6.07 Å². The van der Waals surface area contributed by atoms with Crippen molar-refractivity contribution in [1.82, 2.24) is 5.32 Å². The fourth-order valence-electron chi connectivity index (χ4n) is 1.59. The molecule has 1 aliphatic rings. The summed E-state index contributed by atoms with van der Waals surface area (Å²) in [5.74, 6) is -0.851. The lowest BCUT2D eigenvalue weighted by Gasteiger charge is -2.10. The molecule has 0 radical (unpaired) electrons. The van der Waals surface area contributed by atoms with E-state index < -0.39 is 22.1 Å². The molecule has 6 nitrogen and oxygen atoms in total. The maximum Gasteiger partial charge on any atom is 0.342 e. The fraction of sp³-hybridized carbons (Fsp3) is 0.364. The van der Waals surface area contributed by atoms with Gasteiger partial charge in [-0.05, 0) is 18.6 Å². The second-order valence-electron chi connectivity index (χ2n) is 3.89. The Bertz CT molecular complexity index is 548. The Morgan fingerprint density at radius 2 is 2.17 bits per heavy atom. The highest BCUT2D eigenvalue weighted by molar-refractivity contribution is 7.87. The van der Waals surface area contributed by atoms with Crippen LogP contribution in [0.15, 0.2) is 29.2 Å². The molecule has 0 bridgehead atoms. The van der Waals surface area contributed by atoms with Crippen LogP contribution in [0.3, 0.4) is 0 Å². The molecular weight excluding hydrogens is 258 g/mol. The van der Waals surface area contributed by atoms with E-state index in [9.17, 15) is 13.2 Å². The van der Waals surface area contributed by atoms with E-state index in [1.54, 1.807) is 25.1 Å². The van der Waals surface area contributed by atoms with Gasteiger partial charge < -0.3 is 8.92 Å². The van der Waals surface area contributed by atoms with Gasteiger partial charge in [0.15, 0.2) is 0 Å². The van der Waals surface area contributed by atoms with Crippen LogP contribution in [0.4, 0.5) is 0 Å². The Morgan fingerprint density at radius 3 is 2.78 bits per heavy atom. The van der Waals surface area contributed by atoms with Crippen LogP contribution in [-0.4, -0.2) is 33.8 Å². The number of benzene rings is 1. The van der Waals surface area contributed by atoms with E-state index in [0.717, 1.165) is 0 Å². The van der Waals surface area contributed by atoms with Crippen molar-refractivity contribution in [1.29, 1.82) is 0 Å². The van der Waals surface area contributed by atoms with Crippen molar-refractivity contribution in [2.75, 3.05) is 13.3 Å². The third kappa shape index (κ3) is 2.69. The third-order valence-corrected chi connectivity index (χ3v) is 3.94. The van der Waals surface area contributed by atoms with Crippen LogP contribution in [0, 0.1) is 6.92 Å². The molecule has 98 valence electrons. The molecule has 1 N–H and O–H groups in total. The Morgan fingerprint density at radius 1 is 1.44 bits per heavy atom. The average molecular weight is 271 g/mol. The normalized spacial score (nSPS) is 19.7. The van der Waals surface area contributed by atoms with Crippen molar-refractivity contribution in [3.63, 3.8) is 0 Å². The van der Waals surface area contributed by atoms with Crippen molar-refractivity contribution in [2.45, 2.75) is 17.9 Å². The number of carbonyl (C=O) groups is 1. The molecule has 0 spiro atoms. The Kier molecular flexibility index (Phi) is 3.65. The number of aryl methyl sites for hydroxylation is 1. The SMILES string of the molecule is Cc1ccccc1S(=O)(=O)OC(=O)C1COCN1. The molecule has 0 aliphatic carbocycles. The lowest BCUT2D eigenvalue weighted by molar-refractivity contribution is -0.135. The Balaban J connectivity index is 2.17. The maximum absolute atomic E-state index is 11.9. The van der Waals surface area contributed by atoms with Gasteiger partial charge in [-0.25, -0.2) is 4.79 Å². The van der Waals surface area contributed by atoms with E-state index in [0.29, 0.717) is 5.56 Å². The quantitative estimate of drug-likeness (QED) is 0.789. The van der Waals surface area contributed by atoms with Crippen LogP contribution in [-0.2, 0) is 23.8 Å². The first kappa shape index (κ1) is 13.0. The van der Waals surface area contributed by atoms with Crippen molar-refractivity contribution in [2.24, 2.45) is 0 Å². The van der Waals surface area contributed by atoms with Crippen LogP contribution >= 0.6 is 0 Å². The zero-order chi connectivity index (χ0) is 13.2. The highest BCUT2D eigenvalue weighted by Gasteiger charge is 2.30. The predicted molar refractivity (Wildman–Crippen MR) is 62.2 cm³/mol. The molecule has 1 aromatic rings. The van der Waals surface area contributed by atoms with Crippen LogP contribution in [0.5, 0.6) is 0 Å². The van der Waals surface area contributed by atoms with E-state index in [1.807, 2.05) is 0 Å². The first-order chi connectivity index (χ1) is 8.50. The minimum Gasteiger partial charge on any atom is -0.364 e. The summed E-state index contributed by atoms with van der Waals surface area (Å²) in [4.78, 5) is 11.6. The second kappa shape index (κ2) is 5.05. The zero-order valence-electron chi connectivity index (χ0n) is 9.75. The maximum atomic E-state index is 11.9. The lowest BCUT2D eigenvalue weighted by Crippen LogP contribution is -2.35. The number of rotatable bonds is 3. The van der Waals surface area contributed by atoms with Gasteiger partial charge in [0.25, 0.3) is 0 Å². The van der Waals surface area contributed by atoms with Crippen LogP contribution < -0.4 is 5.32 Å². The van der Waals surface area contributed by atoms with Gasteiger partial charge in [0.1, 0.15) is 10.9 Å². The van der Waals surface area contributed by atoms with Gasteiger partial charge in [-0.1, -0.05) is 18.2 Å².